The predicted molar refractivity (Wildman–Crippen MR) is 59.7 cm³/mol. The third kappa shape index (κ3) is 5.29. The van der Waals surface area contributed by atoms with Crippen molar-refractivity contribution < 1.29 is 13.9 Å². The molecular formula is C9H16ClN3O3. The van der Waals surface area contributed by atoms with Gasteiger partial charge in [0, 0.05) is 20.3 Å². The molecule has 0 aliphatic heterocycles. The van der Waals surface area contributed by atoms with Crippen molar-refractivity contribution in [2.24, 2.45) is 0 Å². The summed E-state index contributed by atoms with van der Waals surface area (Å²) in [5, 5.41) is 10.5. The molecule has 0 bridgehead atoms. The summed E-state index contributed by atoms with van der Waals surface area (Å²) in [6, 6.07) is 0.396. The van der Waals surface area contributed by atoms with E-state index in [1.165, 1.54) is 0 Å². The number of ether oxygens (including phenoxy) is 2. The average Bonchev–Trinajstić information content (AvgIpc) is 2.76. The topological polar surface area (TPSA) is 69.4 Å². The second-order valence-electron chi connectivity index (χ2n) is 3.02. The van der Waals surface area contributed by atoms with Crippen molar-refractivity contribution in [1.82, 2.24) is 10.2 Å². The van der Waals surface area contributed by atoms with Gasteiger partial charge in [-0.3, -0.25) is 0 Å². The van der Waals surface area contributed by atoms with Crippen LogP contribution < -0.4 is 5.32 Å². The van der Waals surface area contributed by atoms with Crippen LogP contribution in [0.2, 0.25) is 0 Å². The Morgan fingerprint density at radius 1 is 1.31 bits per heavy atom. The molecule has 1 rings (SSSR count). The molecule has 1 N–H and O–H groups in total. The molecule has 92 valence electrons. The number of methoxy groups -OCH3 is 1. The monoisotopic (exact) mass is 249 g/mol. The van der Waals surface area contributed by atoms with Crippen molar-refractivity contribution in [3.05, 3.63) is 5.89 Å². The van der Waals surface area contributed by atoms with E-state index in [0.29, 0.717) is 31.7 Å². The first-order valence-corrected chi connectivity index (χ1v) is 5.59. The molecule has 16 heavy (non-hydrogen) atoms. The Labute approximate surface area is 99.3 Å². The zero-order valence-electron chi connectivity index (χ0n) is 9.24. The molecule has 1 heterocycles. The van der Waals surface area contributed by atoms with E-state index in [0.717, 1.165) is 13.0 Å². The molecule has 0 saturated heterocycles. The van der Waals surface area contributed by atoms with Crippen molar-refractivity contribution >= 4 is 17.6 Å². The van der Waals surface area contributed by atoms with Gasteiger partial charge in [-0.05, 0) is 6.42 Å². The Hall–Kier alpha value is -0.850. The first kappa shape index (κ1) is 13.2. The number of alkyl halides is 1. The fourth-order valence-electron chi connectivity index (χ4n) is 0.993. The molecule has 0 radical (unpaired) electrons. The molecule has 0 aliphatic carbocycles. The van der Waals surface area contributed by atoms with Crippen LogP contribution in [0.3, 0.4) is 0 Å². The lowest BCUT2D eigenvalue weighted by Gasteiger charge is -2.03. The van der Waals surface area contributed by atoms with Crippen LogP contribution in [-0.2, 0) is 15.4 Å². The quantitative estimate of drug-likeness (QED) is 0.525. The van der Waals surface area contributed by atoms with Gasteiger partial charge in [-0.15, -0.1) is 16.7 Å². The van der Waals surface area contributed by atoms with E-state index in [4.69, 9.17) is 25.5 Å². The smallest absolute Gasteiger partial charge is 0.315 e. The lowest BCUT2D eigenvalue weighted by atomic mass is 10.4. The molecule has 0 fully saturated rings. The summed E-state index contributed by atoms with van der Waals surface area (Å²) in [6.45, 7) is 2.63. The summed E-state index contributed by atoms with van der Waals surface area (Å²) in [7, 11) is 1.65. The van der Waals surface area contributed by atoms with E-state index in [1.54, 1.807) is 7.11 Å². The Kier molecular flexibility index (Phi) is 6.87. The number of nitrogens with one attached hydrogen (secondary N) is 1. The highest BCUT2D eigenvalue weighted by Crippen LogP contribution is 2.06. The lowest BCUT2D eigenvalue weighted by molar-refractivity contribution is 0.0705. The van der Waals surface area contributed by atoms with Gasteiger partial charge in [-0.1, -0.05) is 5.10 Å². The molecule has 0 unspecified atom stereocenters. The number of halogens is 1. The summed E-state index contributed by atoms with van der Waals surface area (Å²) in [6.07, 6.45) is 0.863. The Balaban J connectivity index is 1.98. The fourth-order valence-corrected chi connectivity index (χ4v) is 1.10. The predicted octanol–water partition coefficient (Wildman–Crippen LogP) is 1.27. The van der Waals surface area contributed by atoms with Gasteiger partial charge in [-0.2, -0.15) is 0 Å². The molecule has 6 nitrogen and oxygen atoms in total. The molecule has 0 spiro atoms. The standard InChI is InChI=1S/C9H16ClN3O3/c1-14-5-6-15-4-2-3-11-9-13-12-8(7-10)16-9/h2-7H2,1H3,(H,11,13). The summed E-state index contributed by atoms with van der Waals surface area (Å²) >= 11 is 5.52. The van der Waals surface area contributed by atoms with Gasteiger partial charge in [0.15, 0.2) is 0 Å². The van der Waals surface area contributed by atoms with Crippen LogP contribution in [0.15, 0.2) is 4.42 Å². The summed E-state index contributed by atoms with van der Waals surface area (Å²) in [4.78, 5) is 0. The van der Waals surface area contributed by atoms with Gasteiger partial charge >= 0.3 is 6.01 Å². The normalized spacial score (nSPS) is 10.6. The van der Waals surface area contributed by atoms with E-state index >= 15 is 0 Å². The van der Waals surface area contributed by atoms with Crippen LogP contribution in [0.4, 0.5) is 6.01 Å². The molecule has 0 aromatic carbocycles. The minimum absolute atomic E-state index is 0.231. The lowest BCUT2D eigenvalue weighted by Crippen LogP contribution is -2.08. The highest BCUT2D eigenvalue weighted by Gasteiger charge is 2.02. The SMILES string of the molecule is COCCOCCCNc1nnc(CCl)o1. The van der Waals surface area contributed by atoms with Gasteiger partial charge in [0.25, 0.3) is 0 Å². The highest BCUT2D eigenvalue weighted by molar-refractivity contribution is 6.16. The third-order valence-electron chi connectivity index (χ3n) is 1.75. The summed E-state index contributed by atoms with van der Waals surface area (Å²) in [5.74, 6) is 0.648. The van der Waals surface area contributed by atoms with Gasteiger partial charge < -0.3 is 19.2 Å². The second-order valence-corrected chi connectivity index (χ2v) is 3.29. The highest BCUT2D eigenvalue weighted by atomic mass is 35.5. The molecule has 0 amide bonds. The molecule has 0 atom stereocenters. The maximum atomic E-state index is 5.52. The number of rotatable bonds is 9. The number of hydrogen-bond donors (Lipinski definition) is 1. The van der Waals surface area contributed by atoms with E-state index in [-0.39, 0.29) is 5.88 Å². The summed E-state index contributed by atoms with van der Waals surface area (Å²) in [5.41, 5.74) is 0. The van der Waals surface area contributed by atoms with Crippen LogP contribution in [-0.4, -0.2) is 43.7 Å². The van der Waals surface area contributed by atoms with Crippen LogP contribution >= 0.6 is 11.6 Å². The van der Waals surface area contributed by atoms with Crippen molar-refractivity contribution in [1.29, 1.82) is 0 Å². The Morgan fingerprint density at radius 2 is 2.19 bits per heavy atom. The first-order valence-electron chi connectivity index (χ1n) is 5.05. The molecule has 7 heteroatoms. The molecule has 1 aromatic rings. The minimum Gasteiger partial charge on any atom is -0.407 e. The van der Waals surface area contributed by atoms with E-state index in [2.05, 4.69) is 15.5 Å². The van der Waals surface area contributed by atoms with Crippen LogP contribution in [0.25, 0.3) is 0 Å². The van der Waals surface area contributed by atoms with E-state index in [9.17, 15) is 0 Å². The molecule has 0 saturated carbocycles. The zero-order valence-corrected chi connectivity index (χ0v) is 10.00. The zero-order chi connectivity index (χ0) is 11.6. The average molecular weight is 250 g/mol. The number of aromatic nitrogens is 2. The Bertz CT molecular complexity index is 283. The second kappa shape index (κ2) is 8.32. The maximum absolute atomic E-state index is 5.52. The number of nitrogens with zero attached hydrogens (tertiary/aromatic N) is 2. The molecular weight excluding hydrogens is 234 g/mol. The number of hydrogen-bond acceptors (Lipinski definition) is 6. The number of anilines is 1. The summed E-state index contributed by atoms with van der Waals surface area (Å²) < 4.78 is 15.3. The van der Waals surface area contributed by atoms with E-state index < -0.39 is 0 Å². The molecule has 1 aromatic heterocycles. The van der Waals surface area contributed by atoms with Crippen molar-refractivity contribution in [3.63, 3.8) is 0 Å². The van der Waals surface area contributed by atoms with Crippen molar-refractivity contribution in [3.8, 4) is 0 Å². The fraction of sp³-hybridized carbons (Fsp3) is 0.778. The maximum Gasteiger partial charge on any atom is 0.315 e. The van der Waals surface area contributed by atoms with Crippen molar-refractivity contribution in [2.45, 2.75) is 12.3 Å². The van der Waals surface area contributed by atoms with E-state index in [1.807, 2.05) is 0 Å². The van der Waals surface area contributed by atoms with Crippen LogP contribution in [0.5, 0.6) is 0 Å². The van der Waals surface area contributed by atoms with Gasteiger partial charge in [0.1, 0.15) is 5.88 Å². The van der Waals surface area contributed by atoms with Crippen molar-refractivity contribution in [2.75, 3.05) is 38.8 Å². The van der Waals surface area contributed by atoms with Gasteiger partial charge in [0.2, 0.25) is 5.89 Å². The van der Waals surface area contributed by atoms with Gasteiger partial charge in [0.05, 0.1) is 13.2 Å². The Morgan fingerprint density at radius 3 is 2.88 bits per heavy atom. The van der Waals surface area contributed by atoms with Gasteiger partial charge in [-0.25, -0.2) is 0 Å². The van der Waals surface area contributed by atoms with Crippen LogP contribution in [0.1, 0.15) is 12.3 Å². The molecule has 0 aliphatic rings. The van der Waals surface area contributed by atoms with Crippen LogP contribution in [0, 0.1) is 0 Å². The minimum atomic E-state index is 0.231. The third-order valence-corrected chi connectivity index (χ3v) is 1.98. The largest absolute Gasteiger partial charge is 0.407 e. The first-order chi connectivity index (χ1) is 7.86.